The van der Waals surface area contributed by atoms with E-state index in [2.05, 4.69) is 0 Å². The Bertz CT molecular complexity index is 844. The van der Waals surface area contributed by atoms with Crippen molar-refractivity contribution in [2.24, 2.45) is 0 Å². The first-order chi connectivity index (χ1) is 11.4. The molecule has 0 heterocycles. The van der Waals surface area contributed by atoms with Gasteiger partial charge in [-0.25, -0.2) is 12.8 Å². The number of amides is 1. The van der Waals surface area contributed by atoms with Crippen LogP contribution in [0.1, 0.15) is 18.9 Å². The number of carbonyl (C=O) groups is 2. The van der Waals surface area contributed by atoms with Gasteiger partial charge in [-0.3, -0.25) is 14.3 Å². The van der Waals surface area contributed by atoms with Gasteiger partial charge in [0.05, 0.1) is 29.1 Å². The second-order valence-electron chi connectivity index (χ2n) is 4.64. The zero-order chi connectivity index (χ0) is 19.4. The van der Waals surface area contributed by atoms with Crippen molar-refractivity contribution in [1.29, 1.82) is 5.26 Å². The van der Waals surface area contributed by atoms with E-state index in [1.807, 2.05) is 4.72 Å². The van der Waals surface area contributed by atoms with E-state index in [0.29, 0.717) is 6.07 Å². The van der Waals surface area contributed by atoms with Gasteiger partial charge in [0.25, 0.3) is 0 Å². The molecule has 1 rings (SSSR count). The third kappa shape index (κ3) is 5.71. The number of sulfonamides is 1. The zero-order valence-corrected chi connectivity index (χ0v) is 13.4. The number of alkyl halides is 3. The zero-order valence-electron chi connectivity index (χ0n) is 12.6. The molecular weight excluding hydrogens is 370 g/mol. The minimum Gasteiger partial charge on any atom is -0.323 e. The summed E-state index contributed by atoms with van der Waals surface area (Å²) >= 11 is 0. The normalized spacial score (nSPS) is 11.5. The lowest BCUT2D eigenvalue weighted by atomic mass is 10.1. The topological polar surface area (TPSA) is 116 Å². The Labute approximate surface area is 139 Å². The standard InChI is InChI=1S/C13H11F4N3O4S/c1-2-25(23,24)20-9-4-10(8(14)3-7(9)6-18)19-12(22)5-11(21)13(15,16)17/h3-4,20H,2,5H2,1H3,(H,19,22). The maximum Gasteiger partial charge on any atom is 0.450 e. The van der Waals surface area contributed by atoms with Crippen molar-refractivity contribution in [2.45, 2.75) is 19.5 Å². The average molecular weight is 381 g/mol. The predicted octanol–water partition coefficient (Wildman–Crippen LogP) is 1.92. The molecular formula is C13H11F4N3O4S. The molecule has 136 valence electrons. The quantitative estimate of drug-likeness (QED) is 0.577. The fourth-order valence-corrected chi connectivity index (χ4v) is 2.17. The first kappa shape index (κ1) is 20.4. The number of nitrogens with zero attached hydrogens (tertiary/aromatic N) is 1. The molecule has 0 saturated heterocycles. The molecule has 0 spiro atoms. The van der Waals surface area contributed by atoms with E-state index in [0.717, 1.165) is 6.07 Å². The van der Waals surface area contributed by atoms with Gasteiger partial charge in [0.15, 0.2) is 0 Å². The Morgan fingerprint density at radius 2 is 1.84 bits per heavy atom. The highest BCUT2D eigenvalue weighted by Gasteiger charge is 2.39. The molecule has 0 aromatic heterocycles. The number of nitriles is 1. The largest absolute Gasteiger partial charge is 0.450 e. The van der Waals surface area contributed by atoms with Gasteiger partial charge in [0.2, 0.25) is 21.7 Å². The second kappa shape index (κ2) is 7.47. The van der Waals surface area contributed by atoms with Crippen LogP contribution in [0.2, 0.25) is 0 Å². The molecule has 0 bridgehead atoms. The van der Waals surface area contributed by atoms with Crippen molar-refractivity contribution in [1.82, 2.24) is 0 Å². The summed E-state index contributed by atoms with van der Waals surface area (Å²) in [5, 5.41) is 10.6. The molecule has 0 saturated carbocycles. The van der Waals surface area contributed by atoms with E-state index in [9.17, 15) is 35.6 Å². The van der Waals surface area contributed by atoms with Gasteiger partial charge in [-0.1, -0.05) is 0 Å². The Morgan fingerprint density at radius 1 is 1.24 bits per heavy atom. The summed E-state index contributed by atoms with van der Waals surface area (Å²) in [4.78, 5) is 22.2. The van der Waals surface area contributed by atoms with Gasteiger partial charge in [-0.2, -0.15) is 18.4 Å². The summed E-state index contributed by atoms with van der Waals surface area (Å²) in [5.41, 5.74) is -1.46. The number of halogens is 4. The lowest BCUT2D eigenvalue weighted by molar-refractivity contribution is -0.171. The lowest BCUT2D eigenvalue weighted by Gasteiger charge is -2.12. The fourth-order valence-electron chi connectivity index (χ4n) is 1.53. The molecule has 0 aliphatic heterocycles. The van der Waals surface area contributed by atoms with Gasteiger partial charge in [0.1, 0.15) is 11.9 Å². The van der Waals surface area contributed by atoms with Crippen molar-refractivity contribution in [3.8, 4) is 6.07 Å². The van der Waals surface area contributed by atoms with Gasteiger partial charge < -0.3 is 5.32 Å². The summed E-state index contributed by atoms with van der Waals surface area (Å²) in [6, 6.07) is 2.86. The number of carbonyl (C=O) groups excluding carboxylic acids is 2. The molecule has 0 atom stereocenters. The SMILES string of the molecule is CCS(=O)(=O)Nc1cc(NC(=O)CC(=O)C(F)(F)F)c(F)cc1C#N. The summed E-state index contributed by atoms with van der Waals surface area (Å²) in [5.74, 6) is -5.33. The number of hydrogen-bond acceptors (Lipinski definition) is 5. The Balaban J connectivity index is 3.11. The number of ketones is 1. The smallest absolute Gasteiger partial charge is 0.323 e. The van der Waals surface area contributed by atoms with E-state index >= 15 is 0 Å². The van der Waals surface area contributed by atoms with Crippen LogP contribution >= 0.6 is 0 Å². The van der Waals surface area contributed by atoms with Crippen molar-refractivity contribution in [3.63, 3.8) is 0 Å². The van der Waals surface area contributed by atoms with Crippen LogP contribution in [0.25, 0.3) is 0 Å². The second-order valence-corrected chi connectivity index (χ2v) is 6.65. The lowest BCUT2D eigenvalue weighted by Crippen LogP contribution is -2.28. The van der Waals surface area contributed by atoms with E-state index in [4.69, 9.17) is 5.26 Å². The first-order valence-electron chi connectivity index (χ1n) is 6.53. The van der Waals surface area contributed by atoms with Crippen LogP contribution in [0.5, 0.6) is 0 Å². The van der Waals surface area contributed by atoms with Crippen LogP contribution in [0.4, 0.5) is 28.9 Å². The van der Waals surface area contributed by atoms with Crippen molar-refractivity contribution >= 4 is 33.1 Å². The molecule has 0 aliphatic carbocycles. The maximum absolute atomic E-state index is 13.8. The maximum atomic E-state index is 13.8. The summed E-state index contributed by atoms with van der Waals surface area (Å²) in [6.07, 6.45) is -6.79. The van der Waals surface area contributed by atoms with E-state index < -0.39 is 51.4 Å². The third-order valence-electron chi connectivity index (χ3n) is 2.78. The van der Waals surface area contributed by atoms with E-state index in [-0.39, 0.29) is 11.4 Å². The molecule has 1 aromatic carbocycles. The van der Waals surface area contributed by atoms with Crippen LogP contribution in [0, 0.1) is 17.1 Å². The third-order valence-corrected chi connectivity index (χ3v) is 4.08. The molecule has 7 nitrogen and oxygen atoms in total. The van der Waals surface area contributed by atoms with Gasteiger partial charge >= 0.3 is 6.18 Å². The van der Waals surface area contributed by atoms with E-state index in [1.54, 1.807) is 5.32 Å². The molecule has 0 unspecified atom stereocenters. The van der Waals surface area contributed by atoms with Crippen molar-refractivity contribution in [3.05, 3.63) is 23.5 Å². The summed E-state index contributed by atoms with van der Waals surface area (Å²) in [7, 11) is -3.84. The Hall–Kier alpha value is -2.68. The summed E-state index contributed by atoms with van der Waals surface area (Å²) < 4.78 is 75.2. The highest BCUT2D eigenvalue weighted by atomic mass is 32.2. The number of nitrogens with one attached hydrogen (secondary N) is 2. The Kier molecular flexibility index (Phi) is 6.09. The molecule has 2 N–H and O–H groups in total. The van der Waals surface area contributed by atoms with Crippen LogP contribution in [-0.2, 0) is 19.6 Å². The van der Waals surface area contributed by atoms with Crippen LogP contribution in [0.15, 0.2) is 12.1 Å². The average Bonchev–Trinajstić information content (AvgIpc) is 2.48. The molecule has 25 heavy (non-hydrogen) atoms. The number of rotatable bonds is 6. The van der Waals surface area contributed by atoms with Crippen molar-refractivity contribution < 1.29 is 35.6 Å². The Morgan fingerprint density at radius 3 is 2.32 bits per heavy atom. The summed E-state index contributed by atoms with van der Waals surface area (Å²) in [6.45, 7) is 1.29. The van der Waals surface area contributed by atoms with Crippen molar-refractivity contribution in [2.75, 3.05) is 15.8 Å². The van der Waals surface area contributed by atoms with E-state index in [1.165, 1.54) is 13.0 Å². The monoisotopic (exact) mass is 381 g/mol. The van der Waals surface area contributed by atoms with Crippen LogP contribution in [0.3, 0.4) is 0 Å². The number of benzene rings is 1. The highest BCUT2D eigenvalue weighted by Crippen LogP contribution is 2.26. The van der Waals surface area contributed by atoms with Gasteiger partial charge in [-0.05, 0) is 19.1 Å². The molecule has 0 aliphatic rings. The van der Waals surface area contributed by atoms with Gasteiger partial charge in [-0.15, -0.1) is 0 Å². The van der Waals surface area contributed by atoms with Crippen LogP contribution in [-0.4, -0.2) is 32.0 Å². The molecule has 0 fully saturated rings. The number of hydrogen-bond donors (Lipinski definition) is 2. The van der Waals surface area contributed by atoms with Gasteiger partial charge in [0, 0.05) is 0 Å². The molecule has 1 amide bonds. The fraction of sp³-hybridized carbons (Fsp3) is 0.308. The first-order valence-corrected chi connectivity index (χ1v) is 8.19. The predicted molar refractivity (Wildman–Crippen MR) is 78.5 cm³/mol. The number of anilines is 2. The number of Topliss-reactive ketones (excluding diaryl/α,β-unsaturated/α-hetero) is 1. The highest BCUT2D eigenvalue weighted by molar-refractivity contribution is 7.92. The molecule has 1 aromatic rings. The van der Waals surface area contributed by atoms with Crippen LogP contribution < -0.4 is 10.0 Å². The minimum atomic E-state index is -5.22. The minimum absolute atomic E-state index is 0.364. The molecule has 12 heteroatoms. The molecule has 0 radical (unpaired) electrons.